The van der Waals surface area contributed by atoms with Crippen LogP contribution in [-0.4, -0.2) is 17.1 Å². The molecule has 0 radical (unpaired) electrons. The van der Waals surface area contributed by atoms with Crippen molar-refractivity contribution in [2.75, 3.05) is 7.11 Å². The number of H-pyrrole nitrogens is 2. The molecule has 0 aliphatic rings. The van der Waals surface area contributed by atoms with Crippen molar-refractivity contribution < 1.29 is 4.74 Å². The third-order valence-electron chi connectivity index (χ3n) is 3.25. The summed E-state index contributed by atoms with van der Waals surface area (Å²) in [5.41, 5.74) is 2.40. The molecule has 5 heteroatoms. The van der Waals surface area contributed by atoms with Crippen LogP contribution in [0.15, 0.2) is 27.8 Å². The lowest BCUT2D eigenvalue weighted by atomic mass is 9.95. The molecule has 2 N–H and O–H groups in total. The van der Waals surface area contributed by atoms with Gasteiger partial charge in [0.2, 0.25) is 0 Å². The van der Waals surface area contributed by atoms with E-state index in [9.17, 15) is 9.59 Å². The fraction of sp³-hybridized carbons (Fsp3) is 0.333. The first kappa shape index (κ1) is 14.1. The normalized spacial score (nSPS) is 10.8. The molecule has 0 atom stereocenters. The molecular formula is C15H18N2O3. The largest absolute Gasteiger partial charge is 0.496 e. The van der Waals surface area contributed by atoms with Gasteiger partial charge in [-0.2, -0.15) is 0 Å². The minimum Gasteiger partial charge on any atom is -0.496 e. The Hall–Kier alpha value is -2.30. The second kappa shape index (κ2) is 5.36. The van der Waals surface area contributed by atoms with E-state index in [4.69, 9.17) is 4.74 Å². The molecule has 0 aliphatic carbocycles. The highest BCUT2D eigenvalue weighted by Crippen LogP contribution is 2.33. The van der Waals surface area contributed by atoms with Gasteiger partial charge in [-0.3, -0.25) is 9.78 Å². The highest BCUT2D eigenvalue weighted by molar-refractivity contribution is 5.66. The average Bonchev–Trinajstić information content (AvgIpc) is 2.36. The van der Waals surface area contributed by atoms with Gasteiger partial charge in [0, 0.05) is 11.6 Å². The van der Waals surface area contributed by atoms with E-state index >= 15 is 0 Å². The molecule has 20 heavy (non-hydrogen) atoms. The quantitative estimate of drug-likeness (QED) is 0.900. The summed E-state index contributed by atoms with van der Waals surface area (Å²) in [5, 5.41) is 0. The number of hydrogen-bond donors (Lipinski definition) is 2. The van der Waals surface area contributed by atoms with Crippen LogP contribution in [0.1, 0.15) is 30.9 Å². The van der Waals surface area contributed by atoms with E-state index in [-0.39, 0.29) is 5.92 Å². The number of nitrogens with one attached hydrogen (secondary N) is 2. The molecule has 0 spiro atoms. The molecule has 1 aromatic carbocycles. The Kier molecular flexibility index (Phi) is 3.79. The molecule has 1 heterocycles. The van der Waals surface area contributed by atoms with Gasteiger partial charge in [0.1, 0.15) is 5.75 Å². The minimum atomic E-state index is -0.506. The van der Waals surface area contributed by atoms with Crippen molar-refractivity contribution in [1.29, 1.82) is 0 Å². The molecule has 0 saturated carbocycles. The fourth-order valence-corrected chi connectivity index (χ4v) is 2.23. The zero-order valence-corrected chi connectivity index (χ0v) is 12.0. The number of hydrogen-bond acceptors (Lipinski definition) is 3. The zero-order valence-electron chi connectivity index (χ0n) is 12.0. The van der Waals surface area contributed by atoms with Crippen LogP contribution in [0.3, 0.4) is 0 Å². The standard InChI is InChI=1S/C15H18N2O3/c1-8(2)10-6-11(9(3)5-13(10)20-4)12-7-14(18)17-15(19)16-12/h5-8H,1-4H3,(H2,16,17,18,19). The van der Waals surface area contributed by atoms with Crippen LogP contribution in [0, 0.1) is 6.92 Å². The van der Waals surface area contributed by atoms with Crippen LogP contribution in [0.25, 0.3) is 11.3 Å². The van der Waals surface area contributed by atoms with Gasteiger partial charge in [-0.15, -0.1) is 0 Å². The summed E-state index contributed by atoms with van der Waals surface area (Å²) in [6, 6.07) is 5.27. The molecule has 2 aromatic rings. The van der Waals surface area contributed by atoms with Crippen molar-refractivity contribution in [3.63, 3.8) is 0 Å². The summed E-state index contributed by atoms with van der Waals surface area (Å²) < 4.78 is 5.39. The van der Waals surface area contributed by atoms with E-state index in [0.717, 1.165) is 22.4 Å². The molecule has 0 fully saturated rings. The zero-order chi connectivity index (χ0) is 14.9. The maximum Gasteiger partial charge on any atom is 0.326 e. The summed E-state index contributed by atoms with van der Waals surface area (Å²) in [6.45, 7) is 6.05. The lowest BCUT2D eigenvalue weighted by Crippen LogP contribution is -2.21. The molecule has 0 saturated heterocycles. The van der Waals surface area contributed by atoms with E-state index in [0.29, 0.717) is 5.69 Å². The van der Waals surface area contributed by atoms with Crippen molar-refractivity contribution in [2.45, 2.75) is 26.7 Å². The maximum atomic E-state index is 11.4. The molecule has 0 unspecified atom stereocenters. The summed E-state index contributed by atoms with van der Waals surface area (Å²) in [4.78, 5) is 27.7. The monoisotopic (exact) mass is 274 g/mol. The number of aryl methyl sites for hydroxylation is 1. The SMILES string of the molecule is COc1cc(C)c(-c2cc(=O)[nH]c(=O)[nH]2)cc1C(C)C. The number of benzene rings is 1. The van der Waals surface area contributed by atoms with Gasteiger partial charge in [0.25, 0.3) is 5.56 Å². The third kappa shape index (κ3) is 2.66. The van der Waals surface area contributed by atoms with Crippen LogP contribution in [0.2, 0.25) is 0 Å². The number of rotatable bonds is 3. The Morgan fingerprint density at radius 2 is 1.80 bits per heavy atom. The Labute approximate surface area is 116 Å². The van der Waals surface area contributed by atoms with Crippen LogP contribution in [0.4, 0.5) is 0 Å². The van der Waals surface area contributed by atoms with Crippen molar-refractivity contribution in [3.05, 3.63) is 50.2 Å². The predicted molar refractivity (Wildman–Crippen MR) is 78.5 cm³/mol. The molecule has 1 aromatic heterocycles. The van der Waals surface area contributed by atoms with Crippen molar-refractivity contribution in [1.82, 2.24) is 9.97 Å². The number of ether oxygens (including phenoxy) is 1. The van der Waals surface area contributed by atoms with Gasteiger partial charge in [-0.05, 0) is 36.1 Å². The summed E-state index contributed by atoms with van der Waals surface area (Å²) in [6.07, 6.45) is 0. The summed E-state index contributed by atoms with van der Waals surface area (Å²) in [5.74, 6) is 1.09. The topological polar surface area (TPSA) is 75.0 Å². The molecule has 2 rings (SSSR count). The van der Waals surface area contributed by atoms with E-state index in [2.05, 4.69) is 23.8 Å². The molecule has 0 aliphatic heterocycles. The van der Waals surface area contributed by atoms with Gasteiger partial charge in [-0.25, -0.2) is 4.79 Å². The van der Waals surface area contributed by atoms with E-state index in [1.807, 2.05) is 19.1 Å². The molecule has 5 nitrogen and oxygen atoms in total. The Bertz CT molecular complexity index is 713. The molecular weight excluding hydrogens is 256 g/mol. The average molecular weight is 274 g/mol. The van der Waals surface area contributed by atoms with Crippen molar-refractivity contribution in [2.24, 2.45) is 0 Å². The van der Waals surface area contributed by atoms with E-state index in [1.165, 1.54) is 6.07 Å². The van der Waals surface area contributed by atoms with Crippen LogP contribution in [0.5, 0.6) is 5.75 Å². The molecule has 0 bridgehead atoms. The van der Waals surface area contributed by atoms with Gasteiger partial charge < -0.3 is 9.72 Å². The second-order valence-electron chi connectivity index (χ2n) is 5.07. The first-order valence-electron chi connectivity index (χ1n) is 6.45. The van der Waals surface area contributed by atoms with Crippen molar-refractivity contribution in [3.8, 4) is 17.0 Å². The van der Waals surface area contributed by atoms with Crippen LogP contribution < -0.4 is 16.0 Å². The third-order valence-corrected chi connectivity index (χ3v) is 3.25. The molecule has 106 valence electrons. The summed E-state index contributed by atoms with van der Waals surface area (Å²) in [7, 11) is 1.63. The Morgan fingerprint density at radius 1 is 1.10 bits per heavy atom. The van der Waals surface area contributed by atoms with E-state index in [1.54, 1.807) is 7.11 Å². The Morgan fingerprint density at radius 3 is 2.35 bits per heavy atom. The highest BCUT2D eigenvalue weighted by Gasteiger charge is 2.13. The summed E-state index contributed by atoms with van der Waals surface area (Å²) >= 11 is 0. The second-order valence-corrected chi connectivity index (χ2v) is 5.07. The lowest BCUT2D eigenvalue weighted by Gasteiger charge is -2.16. The molecule has 0 amide bonds. The first-order chi connectivity index (χ1) is 9.42. The number of aromatic nitrogens is 2. The van der Waals surface area contributed by atoms with Crippen molar-refractivity contribution >= 4 is 0 Å². The van der Waals surface area contributed by atoms with E-state index < -0.39 is 11.2 Å². The van der Waals surface area contributed by atoms with Gasteiger partial charge in [0.15, 0.2) is 0 Å². The minimum absolute atomic E-state index is 0.276. The maximum absolute atomic E-state index is 11.4. The smallest absolute Gasteiger partial charge is 0.326 e. The first-order valence-corrected chi connectivity index (χ1v) is 6.45. The van der Waals surface area contributed by atoms with Crippen LogP contribution >= 0.6 is 0 Å². The number of methoxy groups -OCH3 is 1. The van der Waals surface area contributed by atoms with Gasteiger partial charge in [-0.1, -0.05) is 13.8 Å². The van der Waals surface area contributed by atoms with Crippen LogP contribution in [-0.2, 0) is 0 Å². The fourth-order valence-electron chi connectivity index (χ4n) is 2.23. The van der Waals surface area contributed by atoms with Gasteiger partial charge >= 0.3 is 5.69 Å². The Balaban J connectivity index is 2.71. The number of aromatic amines is 2. The predicted octanol–water partition coefficient (Wildman–Crippen LogP) is 2.17. The van der Waals surface area contributed by atoms with Gasteiger partial charge in [0.05, 0.1) is 12.8 Å². The highest BCUT2D eigenvalue weighted by atomic mass is 16.5. The lowest BCUT2D eigenvalue weighted by molar-refractivity contribution is 0.407.